The average Bonchev–Trinajstić information content (AvgIpc) is 2.90. The molecular formula is C13H18N4O2S. The second kappa shape index (κ2) is 5.62. The van der Waals surface area contributed by atoms with Gasteiger partial charge in [-0.1, -0.05) is 6.92 Å². The van der Waals surface area contributed by atoms with Gasteiger partial charge < -0.3 is 10.5 Å². The number of nitrogen functional groups attached to an aromatic ring is 1. The van der Waals surface area contributed by atoms with E-state index in [1.807, 2.05) is 6.92 Å². The molecule has 108 valence electrons. The van der Waals surface area contributed by atoms with Crippen LogP contribution < -0.4 is 5.73 Å². The number of carbonyl (C=O) groups is 1. The Labute approximate surface area is 121 Å². The van der Waals surface area contributed by atoms with Crippen LogP contribution in [0.5, 0.6) is 0 Å². The Hall–Kier alpha value is -1.89. The lowest BCUT2D eigenvalue weighted by Gasteiger charge is -2.03. The molecule has 0 spiro atoms. The third-order valence-electron chi connectivity index (χ3n) is 2.96. The lowest BCUT2D eigenvalue weighted by atomic mass is 10.3. The van der Waals surface area contributed by atoms with Crippen LogP contribution in [0.4, 0.5) is 5.82 Å². The molecule has 2 aromatic heterocycles. The molecule has 0 aromatic carbocycles. The van der Waals surface area contributed by atoms with Gasteiger partial charge in [-0.25, -0.2) is 14.8 Å². The third kappa shape index (κ3) is 2.40. The standard InChI is InChI=1S/C13H18N4O2S/c1-5-9-7(3)20-13(16-9)17-8(4)15-10(11(17)14)12(18)19-6-2/h5-6,14H2,1-4H3. The van der Waals surface area contributed by atoms with Crippen LogP contribution in [0.15, 0.2) is 0 Å². The second-order valence-electron chi connectivity index (χ2n) is 4.30. The Bertz CT molecular complexity index is 645. The van der Waals surface area contributed by atoms with Crippen molar-refractivity contribution in [1.29, 1.82) is 0 Å². The smallest absolute Gasteiger partial charge is 0.360 e. The van der Waals surface area contributed by atoms with E-state index >= 15 is 0 Å². The van der Waals surface area contributed by atoms with Crippen LogP contribution in [0.3, 0.4) is 0 Å². The van der Waals surface area contributed by atoms with Crippen LogP contribution in [0.25, 0.3) is 5.13 Å². The first-order chi connectivity index (χ1) is 9.49. The fourth-order valence-corrected chi connectivity index (χ4v) is 3.04. The van der Waals surface area contributed by atoms with Gasteiger partial charge >= 0.3 is 5.97 Å². The Balaban J connectivity index is 2.49. The van der Waals surface area contributed by atoms with E-state index < -0.39 is 5.97 Å². The van der Waals surface area contributed by atoms with Crippen molar-refractivity contribution in [1.82, 2.24) is 14.5 Å². The van der Waals surface area contributed by atoms with Crippen molar-refractivity contribution in [3.63, 3.8) is 0 Å². The Morgan fingerprint density at radius 3 is 2.60 bits per heavy atom. The van der Waals surface area contributed by atoms with Crippen LogP contribution in [0.1, 0.15) is 40.7 Å². The van der Waals surface area contributed by atoms with Gasteiger partial charge in [-0.15, -0.1) is 11.3 Å². The monoisotopic (exact) mass is 294 g/mol. The molecule has 0 unspecified atom stereocenters. The molecule has 6 nitrogen and oxygen atoms in total. The molecule has 0 amide bonds. The number of thiazole rings is 1. The van der Waals surface area contributed by atoms with E-state index in [2.05, 4.69) is 16.9 Å². The van der Waals surface area contributed by atoms with Crippen molar-refractivity contribution >= 4 is 23.1 Å². The number of aromatic nitrogens is 3. The summed E-state index contributed by atoms with van der Waals surface area (Å²) in [6, 6.07) is 0. The number of carbonyl (C=O) groups excluding carboxylic acids is 1. The number of ether oxygens (including phenoxy) is 1. The predicted octanol–water partition coefficient (Wildman–Crippen LogP) is 2.27. The maximum atomic E-state index is 11.8. The molecule has 20 heavy (non-hydrogen) atoms. The summed E-state index contributed by atoms with van der Waals surface area (Å²) in [5, 5.41) is 0.734. The summed E-state index contributed by atoms with van der Waals surface area (Å²) in [4.78, 5) is 21.7. The number of nitrogens with zero attached hydrogens (tertiary/aromatic N) is 3. The van der Waals surface area contributed by atoms with E-state index in [0.717, 1.165) is 22.1 Å². The summed E-state index contributed by atoms with van der Waals surface area (Å²) in [5.74, 6) is 0.398. The highest BCUT2D eigenvalue weighted by atomic mass is 32.1. The van der Waals surface area contributed by atoms with Crippen molar-refractivity contribution in [2.24, 2.45) is 0 Å². The zero-order valence-corrected chi connectivity index (χ0v) is 12.9. The minimum absolute atomic E-state index is 0.148. The molecule has 0 aliphatic heterocycles. The van der Waals surface area contributed by atoms with Gasteiger partial charge in [0.15, 0.2) is 10.8 Å². The molecule has 0 aliphatic rings. The van der Waals surface area contributed by atoms with Gasteiger partial charge in [0.25, 0.3) is 0 Å². The molecule has 2 aromatic rings. The van der Waals surface area contributed by atoms with Crippen LogP contribution in [0, 0.1) is 13.8 Å². The minimum atomic E-state index is -0.504. The Morgan fingerprint density at radius 1 is 1.35 bits per heavy atom. The van der Waals surface area contributed by atoms with E-state index in [0.29, 0.717) is 12.4 Å². The second-order valence-corrected chi connectivity index (χ2v) is 5.48. The normalized spacial score (nSPS) is 10.8. The summed E-state index contributed by atoms with van der Waals surface area (Å²) in [6.45, 7) is 7.91. The SMILES string of the molecule is CCOC(=O)c1nc(C)n(-c2nc(CC)c(C)s2)c1N. The van der Waals surface area contributed by atoms with E-state index in [1.54, 1.807) is 18.4 Å². The summed E-state index contributed by atoms with van der Waals surface area (Å²) in [5.41, 5.74) is 7.22. The first-order valence-electron chi connectivity index (χ1n) is 6.48. The Morgan fingerprint density at radius 2 is 2.05 bits per heavy atom. The number of imidazole rings is 1. The fourth-order valence-electron chi connectivity index (χ4n) is 1.98. The maximum absolute atomic E-state index is 11.8. The summed E-state index contributed by atoms with van der Waals surface area (Å²) in [7, 11) is 0. The highest BCUT2D eigenvalue weighted by molar-refractivity contribution is 7.14. The molecule has 2 N–H and O–H groups in total. The average molecular weight is 294 g/mol. The zero-order chi connectivity index (χ0) is 14.9. The third-order valence-corrected chi connectivity index (χ3v) is 3.96. The first kappa shape index (κ1) is 14.5. The molecular weight excluding hydrogens is 276 g/mol. The van der Waals surface area contributed by atoms with Gasteiger partial charge in [0.05, 0.1) is 12.3 Å². The number of aryl methyl sites for hydroxylation is 3. The van der Waals surface area contributed by atoms with Crippen LogP contribution in [-0.2, 0) is 11.2 Å². The highest BCUT2D eigenvalue weighted by Gasteiger charge is 2.22. The topological polar surface area (TPSA) is 83.0 Å². The summed E-state index contributed by atoms with van der Waals surface area (Å²) < 4.78 is 6.65. The quantitative estimate of drug-likeness (QED) is 0.875. The predicted molar refractivity (Wildman–Crippen MR) is 78.5 cm³/mol. The van der Waals surface area contributed by atoms with E-state index in [9.17, 15) is 4.79 Å². The number of esters is 1. The molecule has 0 saturated carbocycles. The number of hydrogen-bond acceptors (Lipinski definition) is 6. The van der Waals surface area contributed by atoms with Crippen LogP contribution >= 0.6 is 11.3 Å². The lowest BCUT2D eigenvalue weighted by molar-refractivity contribution is 0.0521. The van der Waals surface area contributed by atoms with Crippen molar-refractivity contribution in [2.75, 3.05) is 12.3 Å². The molecule has 0 atom stereocenters. The van der Waals surface area contributed by atoms with Gasteiger partial charge in [0, 0.05) is 4.88 Å². The number of anilines is 1. The molecule has 2 heterocycles. The maximum Gasteiger partial charge on any atom is 0.360 e. The Kier molecular flexibility index (Phi) is 4.08. The van der Waals surface area contributed by atoms with Crippen molar-refractivity contribution in [3.8, 4) is 5.13 Å². The first-order valence-corrected chi connectivity index (χ1v) is 7.29. The van der Waals surface area contributed by atoms with E-state index in [1.165, 1.54) is 11.3 Å². The summed E-state index contributed by atoms with van der Waals surface area (Å²) in [6.07, 6.45) is 0.862. The molecule has 0 aliphatic carbocycles. The lowest BCUT2D eigenvalue weighted by Crippen LogP contribution is -2.09. The molecule has 0 fully saturated rings. The van der Waals surface area contributed by atoms with Crippen molar-refractivity contribution in [2.45, 2.75) is 34.1 Å². The molecule has 0 bridgehead atoms. The number of hydrogen-bond donors (Lipinski definition) is 1. The van der Waals surface area contributed by atoms with Gasteiger partial charge in [-0.2, -0.15) is 0 Å². The summed E-state index contributed by atoms with van der Waals surface area (Å²) >= 11 is 1.54. The van der Waals surface area contributed by atoms with Crippen molar-refractivity contribution < 1.29 is 9.53 Å². The van der Waals surface area contributed by atoms with Gasteiger partial charge in [0.2, 0.25) is 0 Å². The van der Waals surface area contributed by atoms with Gasteiger partial charge in [-0.3, -0.25) is 4.57 Å². The van der Waals surface area contributed by atoms with Gasteiger partial charge in [0.1, 0.15) is 11.6 Å². The van der Waals surface area contributed by atoms with Crippen molar-refractivity contribution in [3.05, 3.63) is 22.1 Å². The highest BCUT2D eigenvalue weighted by Crippen LogP contribution is 2.27. The zero-order valence-electron chi connectivity index (χ0n) is 12.1. The molecule has 2 rings (SSSR count). The number of rotatable bonds is 4. The van der Waals surface area contributed by atoms with Crippen LogP contribution in [-0.4, -0.2) is 27.1 Å². The number of nitrogens with two attached hydrogens (primary N) is 1. The molecule has 7 heteroatoms. The minimum Gasteiger partial charge on any atom is -0.461 e. The van der Waals surface area contributed by atoms with E-state index in [-0.39, 0.29) is 11.5 Å². The van der Waals surface area contributed by atoms with Crippen LogP contribution in [0.2, 0.25) is 0 Å². The van der Waals surface area contributed by atoms with E-state index in [4.69, 9.17) is 10.5 Å². The molecule has 0 radical (unpaired) electrons. The molecule has 0 saturated heterocycles. The largest absolute Gasteiger partial charge is 0.461 e. The fraction of sp³-hybridized carbons (Fsp3) is 0.462. The van der Waals surface area contributed by atoms with Gasteiger partial charge in [-0.05, 0) is 27.2 Å².